The van der Waals surface area contributed by atoms with Gasteiger partial charge in [-0.2, -0.15) is 0 Å². The number of fused-ring (bicyclic) bond motifs is 1. The summed E-state index contributed by atoms with van der Waals surface area (Å²) in [6.45, 7) is 2.27. The highest BCUT2D eigenvalue weighted by atomic mass is 35.5. The molecule has 3 aromatic rings. The van der Waals surface area contributed by atoms with E-state index in [9.17, 15) is 19.2 Å². The number of alkyl halides is 1. The second-order valence-electron chi connectivity index (χ2n) is 10.3. The molecular weight excluding hydrogens is 579 g/mol. The van der Waals surface area contributed by atoms with Crippen molar-refractivity contribution < 1.29 is 23.9 Å². The number of para-hydroxylation sites is 1. The van der Waals surface area contributed by atoms with Gasteiger partial charge >= 0.3 is 0 Å². The number of aldehydes is 1. The fraction of sp³-hybridized carbons (Fsp3) is 0.419. The summed E-state index contributed by atoms with van der Waals surface area (Å²) in [6, 6.07) is 13.2. The van der Waals surface area contributed by atoms with E-state index in [2.05, 4.69) is 4.98 Å². The van der Waals surface area contributed by atoms with Crippen molar-refractivity contribution in [2.75, 3.05) is 33.4 Å². The quantitative estimate of drug-likeness (QED) is 0.168. The molecule has 11 heteroatoms. The van der Waals surface area contributed by atoms with Crippen molar-refractivity contribution in [3.05, 3.63) is 70.9 Å². The topological polar surface area (TPSA) is 103 Å². The Morgan fingerprint density at radius 2 is 1.93 bits per heavy atom. The van der Waals surface area contributed by atoms with E-state index in [1.807, 2.05) is 49.5 Å². The summed E-state index contributed by atoms with van der Waals surface area (Å²) < 4.78 is 5.18. The summed E-state index contributed by atoms with van der Waals surface area (Å²) >= 11 is 12.7. The predicted molar refractivity (Wildman–Crippen MR) is 162 cm³/mol. The van der Waals surface area contributed by atoms with Gasteiger partial charge in [0, 0.05) is 48.7 Å². The zero-order chi connectivity index (χ0) is 30.2. The van der Waals surface area contributed by atoms with Crippen LogP contribution in [0.5, 0.6) is 0 Å². The zero-order valence-electron chi connectivity index (χ0n) is 23.8. The van der Waals surface area contributed by atoms with E-state index in [0.29, 0.717) is 24.3 Å². The number of H-pyrrole nitrogens is 1. The Morgan fingerprint density at radius 3 is 2.62 bits per heavy atom. The van der Waals surface area contributed by atoms with Crippen LogP contribution < -0.4 is 0 Å². The number of hydrogen-bond acceptors (Lipinski definition) is 5. The number of rotatable bonds is 14. The van der Waals surface area contributed by atoms with E-state index in [-0.39, 0.29) is 44.5 Å². The van der Waals surface area contributed by atoms with Crippen molar-refractivity contribution >= 4 is 58.1 Å². The second-order valence-corrected chi connectivity index (χ2v) is 11.3. The maximum atomic E-state index is 13.8. The van der Waals surface area contributed by atoms with Gasteiger partial charge in [0.25, 0.3) is 0 Å². The largest absolute Gasteiger partial charge is 0.383 e. The van der Waals surface area contributed by atoms with Gasteiger partial charge in [-0.05, 0) is 42.2 Å². The number of carbonyl (C=O) groups is 4. The van der Waals surface area contributed by atoms with Gasteiger partial charge in [-0.1, -0.05) is 60.5 Å². The average Bonchev–Trinajstić information content (AvgIpc) is 3.40. The van der Waals surface area contributed by atoms with Crippen LogP contribution in [-0.4, -0.2) is 94.6 Å². The molecule has 2 aromatic carbocycles. The molecule has 1 aliphatic heterocycles. The maximum Gasteiger partial charge on any atom is 0.247 e. The minimum absolute atomic E-state index is 0.150. The molecule has 1 aliphatic rings. The van der Waals surface area contributed by atoms with E-state index in [1.54, 1.807) is 12.1 Å². The minimum Gasteiger partial charge on any atom is -0.383 e. The molecular formula is C31H36Cl2N4O5. The van der Waals surface area contributed by atoms with Gasteiger partial charge in [0.15, 0.2) is 0 Å². The van der Waals surface area contributed by atoms with E-state index in [0.717, 1.165) is 28.3 Å². The third kappa shape index (κ3) is 7.32. The van der Waals surface area contributed by atoms with Crippen molar-refractivity contribution in [3.63, 3.8) is 0 Å². The number of ether oxygens (including phenoxy) is 1. The van der Waals surface area contributed by atoms with E-state index in [4.69, 9.17) is 27.9 Å². The van der Waals surface area contributed by atoms with Crippen LogP contribution in [0, 0.1) is 0 Å². The lowest BCUT2D eigenvalue weighted by atomic mass is 10.0. The van der Waals surface area contributed by atoms with Gasteiger partial charge in [-0.15, -0.1) is 0 Å². The van der Waals surface area contributed by atoms with Gasteiger partial charge in [0.2, 0.25) is 17.7 Å². The Hall–Kier alpha value is -3.40. The van der Waals surface area contributed by atoms with Gasteiger partial charge in [-0.25, -0.2) is 0 Å². The number of methoxy groups -OCH3 is 1. The number of carbonyl (C=O) groups excluding carboxylic acids is 4. The van der Waals surface area contributed by atoms with Crippen molar-refractivity contribution in [3.8, 4) is 0 Å². The van der Waals surface area contributed by atoms with E-state index in [1.165, 1.54) is 21.8 Å². The van der Waals surface area contributed by atoms with E-state index < -0.39 is 23.5 Å². The zero-order valence-corrected chi connectivity index (χ0v) is 25.3. The Balaban J connectivity index is 1.54. The number of aromatic amines is 1. The molecule has 4 rings (SSSR count). The lowest BCUT2D eigenvalue weighted by Crippen LogP contribution is -2.63. The van der Waals surface area contributed by atoms with Crippen LogP contribution >= 0.6 is 23.2 Å². The number of piperazine rings is 1. The molecule has 0 radical (unpaired) electrons. The van der Waals surface area contributed by atoms with Crippen molar-refractivity contribution in [1.29, 1.82) is 0 Å². The monoisotopic (exact) mass is 614 g/mol. The van der Waals surface area contributed by atoms with Crippen LogP contribution in [-0.2, 0) is 36.8 Å². The molecule has 3 amide bonds. The molecule has 9 nitrogen and oxygen atoms in total. The van der Waals surface area contributed by atoms with Crippen molar-refractivity contribution in [1.82, 2.24) is 19.7 Å². The van der Waals surface area contributed by atoms with Gasteiger partial charge < -0.3 is 29.2 Å². The molecule has 0 aliphatic carbocycles. The second kappa shape index (κ2) is 14.7. The first-order chi connectivity index (χ1) is 20.3. The number of hydrogen-bond donors (Lipinski definition) is 1. The first kappa shape index (κ1) is 31.5. The summed E-state index contributed by atoms with van der Waals surface area (Å²) in [4.78, 5) is 60.5. The highest BCUT2D eigenvalue weighted by molar-refractivity contribution is 6.30. The highest BCUT2D eigenvalue weighted by Gasteiger charge is 2.43. The van der Waals surface area contributed by atoms with E-state index >= 15 is 0 Å². The standard InChI is InChI=1S/C31H36Cl2N4O5/c1-3-24(20-38)35(13-12-22-18-34-26-7-5-4-6-25(22)26)29(39)17-27-31(41)37(19-30(40)36(27)14-15-42-2)28(33)16-21-8-10-23(32)11-9-21/h4-11,18,20,24,27-28,34H,3,12-17,19H2,1-2H3. The predicted octanol–water partition coefficient (Wildman–Crippen LogP) is 4.05. The maximum absolute atomic E-state index is 13.8. The molecule has 224 valence electrons. The summed E-state index contributed by atoms with van der Waals surface area (Å²) in [5, 5.41) is 1.63. The third-order valence-corrected chi connectivity index (χ3v) is 8.37. The fourth-order valence-electron chi connectivity index (χ4n) is 5.37. The van der Waals surface area contributed by atoms with Crippen LogP contribution in [0.1, 0.15) is 30.9 Å². The first-order valence-corrected chi connectivity index (χ1v) is 14.9. The average molecular weight is 616 g/mol. The fourth-order valence-corrected chi connectivity index (χ4v) is 5.84. The summed E-state index contributed by atoms with van der Waals surface area (Å²) in [6.07, 6.45) is 3.64. The number of aromatic nitrogens is 1. The normalized spacial score (nSPS) is 17.0. The van der Waals surface area contributed by atoms with Crippen molar-refractivity contribution in [2.45, 2.75) is 50.2 Å². The molecule has 0 spiro atoms. The number of nitrogens with one attached hydrogen (secondary N) is 1. The first-order valence-electron chi connectivity index (χ1n) is 14.0. The Morgan fingerprint density at radius 1 is 1.19 bits per heavy atom. The number of amides is 3. The Bertz CT molecular complexity index is 1400. The molecule has 0 saturated carbocycles. The third-order valence-electron chi connectivity index (χ3n) is 7.72. The summed E-state index contributed by atoms with van der Waals surface area (Å²) in [7, 11) is 1.51. The van der Waals surface area contributed by atoms with Crippen molar-refractivity contribution in [2.24, 2.45) is 0 Å². The highest BCUT2D eigenvalue weighted by Crippen LogP contribution is 2.24. The molecule has 0 bridgehead atoms. The van der Waals surface area contributed by atoms with Crippen LogP contribution in [0.2, 0.25) is 5.02 Å². The molecule has 42 heavy (non-hydrogen) atoms. The Kier molecular flexibility index (Phi) is 11.0. The molecule has 1 saturated heterocycles. The lowest BCUT2D eigenvalue weighted by molar-refractivity contribution is -0.159. The summed E-state index contributed by atoms with van der Waals surface area (Å²) in [5.74, 6) is -1.12. The smallest absolute Gasteiger partial charge is 0.247 e. The number of benzene rings is 2. The number of nitrogens with zero attached hydrogens (tertiary/aromatic N) is 3. The molecule has 1 N–H and O–H groups in total. The van der Waals surface area contributed by atoms with Gasteiger partial charge in [0.1, 0.15) is 24.4 Å². The minimum atomic E-state index is -1.07. The Labute approximate surface area is 255 Å². The van der Waals surface area contributed by atoms with Crippen LogP contribution in [0.4, 0.5) is 0 Å². The van der Waals surface area contributed by atoms with Crippen LogP contribution in [0.25, 0.3) is 10.9 Å². The van der Waals surface area contributed by atoms with Gasteiger partial charge in [-0.3, -0.25) is 14.4 Å². The van der Waals surface area contributed by atoms with Crippen LogP contribution in [0.3, 0.4) is 0 Å². The SMILES string of the molecule is CCC(C=O)N(CCc1c[nH]c2ccccc12)C(=O)CC1C(=O)N(C(Cl)Cc2ccc(Cl)cc2)CC(=O)N1CCOC. The molecule has 3 unspecified atom stereocenters. The van der Waals surface area contributed by atoms with Gasteiger partial charge in [0.05, 0.1) is 19.1 Å². The molecule has 1 fully saturated rings. The lowest BCUT2D eigenvalue weighted by Gasteiger charge is -2.42. The van der Waals surface area contributed by atoms with Crippen LogP contribution in [0.15, 0.2) is 54.7 Å². The number of halogens is 2. The molecule has 1 aromatic heterocycles. The molecule has 3 atom stereocenters. The summed E-state index contributed by atoms with van der Waals surface area (Å²) in [5.41, 5.74) is 2.06. The molecule has 2 heterocycles.